The molecule has 29 heavy (non-hydrogen) atoms. The highest BCUT2D eigenvalue weighted by atomic mass is 16.3. The van der Waals surface area contributed by atoms with E-state index in [0.717, 1.165) is 44.1 Å². The van der Waals surface area contributed by atoms with Gasteiger partial charge in [0.15, 0.2) is 5.78 Å². The van der Waals surface area contributed by atoms with E-state index in [1.54, 1.807) is 0 Å². The Morgan fingerprint density at radius 3 is 2.59 bits per heavy atom. The minimum absolute atomic E-state index is 0.0517. The third kappa shape index (κ3) is 2.85. The third-order valence-corrected chi connectivity index (χ3v) is 8.35. The highest BCUT2D eigenvalue weighted by Gasteiger charge is 2.54. The summed E-state index contributed by atoms with van der Waals surface area (Å²) in [6.45, 7) is 4.28. The van der Waals surface area contributed by atoms with Crippen molar-refractivity contribution in [2.24, 2.45) is 17.3 Å². The number of phenolic OH excluding ortho intramolecular Hbond substituents is 1. The second-order valence-corrected chi connectivity index (χ2v) is 9.82. The number of phenols is 1. The van der Waals surface area contributed by atoms with E-state index in [1.165, 1.54) is 11.1 Å². The molecule has 0 heterocycles. The monoisotopic (exact) mass is 390 g/mol. The van der Waals surface area contributed by atoms with Crippen LogP contribution in [-0.4, -0.2) is 22.1 Å². The fraction of sp³-hybridized carbons (Fsp3) is 0.500. The first-order valence-electron chi connectivity index (χ1n) is 11.0. The minimum Gasteiger partial charge on any atom is -0.507 e. The van der Waals surface area contributed by atoms with Gasteiger partial charge in [0.05, 0.1) is 11.7 Å². The number of aromatic hydroxyl groups is 1. The number of hydrogen-bond acceptors (Lipinski definition) is 3. The number of fused-ring (bicyclic) bond motifs is 5. The largest absolute Gasteiger partial charge is 0.507 e. The van der Waals surface area contributed by atoms with Crippen molar-refractivity contribution in [3.8, 4) is 5.75 Å². The molecule has 0 amide bonds. The number of rotatable bonds is 2. The van der Waals surface area contributed by atoms with Gasteiger partial charge in [-0.1, -0.05) is 36.8 Å². The van der Waals surface area contributed by atoms with Gasteiger partial charge < -0.3 is 10.2 Å². The Labute approximate surface area is 172 Å². The van der Waals surface area contributed by atoms with Crippen molar-refractivity contribution in [2.75, 3.05) is 0 Å². The first kappa shape index (κ1) is 18.9. The number of hydrogen-bond donors (Lipinski definition) is 2. The molecule has 3 aliphatic rings. The van der Waals surface area contributed by atoms with E-state index in [4.69, 9.17) is 0 Å². The van der Waals surface area contributed by atoms with Crippen molar-refractivity contribution in [2.45, 2.75) is 64.4 Å². The Balaban J connectivity index is 1.52. The maximum atomic E-state index is 13.1. The normalized spacial score (nSPS) is 32.9. The van der Waals surface area contributed by atoms with Crippen LogP contribution in [0.3, 0.4) is 0 Å². The quantitative estimate of drug-likeness (QED) is 0.697. The molecule has 0 spiro atoms. The molecular weight excluding hydrogens is 360 g/mol. The molecule has 0 radical (unpaired) electrons. The van der Waals surface area contributed by atoms with Crippen molar-refractivity contribution < 1.29 is 15.0 Å². The smallest absolute Gasteiger partial charge is 0.196 e. The van der Waals surface area contributed by atoms with E-state index in [9.17, 15) is 15.0 Å². The summed E-state index contributed by atoms with van der Waals surface area (Å²) in [6.07, 6.45) is 6.03. The molecule has 2 N–H and O–H groups in total. The molecule has 3 nitrogen and oxygen atoms in total. The van der Waals surface area contributed by atoms with Crippen LogP contribution in [0.25, 0.3) is 0 Å². The number of aliphatic hydroxyl groups excluding tert-OH is 1. The van der Waals surface area contributed by atoms with Crippen molar-refractivity contribution >= 4 is 5.78 Å². The standard InChI is InChI=1S/C26H30O3/c1-15-3-5-16(6-4-15)25(29)21-14-20-17(13-23(21)27)7-8-19-18(20)11-12-26(2)22(19)9-10-24(26)28/h3-6,13-14,18-19,22,24,27-28H,7-12H2,1-2H3/t18-,19+,22-,24-,26-/m0/s1. The van der Waals surface area contributed by atoms with E-state index in [2.05, 4.69) is 6.92 Å². The Morgan fingerprint density at radius 1 is 1.07 bits per heavy atom. The van der Waals surface area contributed by atoms with Gasteiger partial charge in [0.1, 0.15) is 5.75 Å². The predicted octanol–water partition coefficient (Wildman–Crippen LogP) is 5.15. The Hall–Kier alpha value is -2.13. The van der Waals surface area contributed by atoms with Crippen LogP contribution in [0.15, 0.2) is 36.4 Å². The SMILES string of the molecule is Cc1ccc(C(=O)c2cc3c(cc2O)CC[C@@H]2[C@@H]3CC[C@]3(C)[C@@H](O)CC[C@@H]23)cc1. The molecule has 2 aromatic rings. The number of benzene rings is 2. The van der Waals surface area contributed by atoms with Crippen LogP contribution in [-0.2, 0) is 6.42 Å². The van der Waals surface area contributed by atoms with Gasteiger partial charge in [-0.25, -0.2) is 0 Å². The fourth-order valence-corrected chi connectivity index (χ4v) is 6.62. The topological polar surface area (TPSA) is 57.5 Å². The average Bonchev–Trinajstić information content (AvgIpc) is 3.02. The summed E-state index contributed by atoms with van der Waals surface area (Å²) in [5.41, 5.74) is 4.67. The second-order valence-electron chi connectivity index (χ2n) is 9.82. The van der Waals surface area contributed by atoms with Gasteiger partial charge in [0.2, 0.25) is 0 Å². The zero-order chi connectivity index (χ0) is 20.3. The number of carbonyl (C=O) groups is 1. The third-order valence-electron chi connectivity index (χ3n) is 8.35. The summed E-state index contributed by atoms with van der Waals surface area (Å²) in [4.78, 5) is 13.1. The van der Waals surface area contributed by atoms with Crippen LogP contribution in [0.2, 0.25) is 0 Å². The molecule has 0 bridgehead atoms. The number of ketones is 1. The van der Waals surface area contributed by atoms with Gasteiger partial charge in [-0.15, -0.1) is 0 Å². The highest BCUT2D eigenvalue weighted by molar-refractivity contribution is 6.10. The van der Waals surface area contributed by atoms with E-state index in [-0.39, 0.29) is 23.1 Å². The molecule has 0 aromatic heterocycles. The first-order chi connectivity index (χ1) is 13.9. The molecular formula is C26H30O3. The van der Waals surface area contributed by atoms with E-state index >= 15 is 0 Å². The lowest BCUT2D eigenvalue weighted by Crippen LogP contribution is -2.44. The van der Waals surface area contributed by atoms with Gasteiger partial charge in [0.25, 0.3) is 0 Å². The van der Waals surface area contributed by atoms with Crippen molar-refractivity contribution in [3.63, 3.8) is 0 Å². The Kier molecular flexibility index (Phi) is 4.36. The van der Waals surface area contributed by atoms with Crippen LogP contribution in [0.5, 0.6) is 5.75 Å². The maximum absolute atomic E-state index is 13.1. The minimum atomic E-state index is -0.173. The lowest BCUT2D eigenvalue weighted by molar-refractivity contribution is -0.0226. The summed E-state index contributed by atoms with van der Waals surface area (Å²) in [5, 5.41) is 21.2. The van der Waals surface area contributed by atoms with Crippen molar-refractivity contribution in [1.29, 1.82) is 0 Å². The molecule has 5 rings (SSSR count). The summed E-state index contributed by atoms with van der Waals surface area (Å²) in [7, 11) is 0. The molecule has 0 unspecified atom stereocenters. The van der Waals surface area contributed by atoms with Crippen LogP contribution in [0.4, 0.5) is 0 Å². The molecule has 0 saturated heterocycles. The molecule has 152 valence electrons. The van der Waals surface area contributed by atoms with E-state index < -0.39 is 0 Å². The number of aryl methyl sites for hydroxylation is 2. The number of carbonyl (C=O) groups excluding carboxylic acids is 1. The lowest BCUT2D eigenvalue weighted by Gasteiger charge is -2.50. The molecule has 2 fully saturated rings. The van der Waals surface area contributed by atoms with Crippen LogP contribution >= 0.6 is 0 Å². The first-order valence-corrected chi connectivity index (χ1v) is 11.0. The van der Waals surface area contributed by atoms with Crippen molar-refractivity contribution in [3.05, 3.63) is 64.2 Å². The molecule has 0 aliphatic heterocycles. The maximum Gasteiger partial charge on any atom is 0.196 e. The lowest BCUT2D eigenvalue weighted by atomic mass is 9.55. The Bertz CT molecular complexity index is 961. The molecule has 2 saturated carbocycles. The molecule has 3 heteroatoms. The average molecular weight is 391 g/mol. The fourth-order valence-electron chi connectivity index (χ4n) is 6.62. The van der Waals surface area contributed by atoms with Crippen molar-refractivity contribution in [1.82, 2.24) is 0 Å². The summed E-state index contributed by atoms with van der Waals surface area (Å²) < 4.78 is 0. The molecule has 3 aliphatic carbocycles. The van der Waals surface area contributed by atoms with Crippen LogP contribution in [0, 0.1) is 24.2 Å². The van der Waals surface area contributed by atoms with E-state index in [1.807, 2.05) is 43.3 Å². The second kappa shape index (κ2) is 6.70. The summed E-state index contributed by atoms with van der Waals surface area (Å²) in [5.74, 6) is 1.57. The van der Waals surface area contributed by atoms with Gasteiger partial charge in [-0.3, -0.25) is 4.79 Å². The zero-order valence-electron chi connectivity index (χ0n) is 17.3. The molecule has 5 atom stereocenters. The van der Waals surface area contributed by atoms with Gasteiger partial charge in [0, 0.05) is 5.56 Å². The number of aliphatic hydroxyl groups is 1. The van der Waals surface area contributed by atoms with Gasteiger partial charge >= 0.3 is 0 Å². The highest BCUT2D eigenvalue weighted by Crippen LogP contribution is 2.61. The summed E-state index contributed by atoms with van der Waals surface area (Å²) in [6, 6.07) is 11.4. The summed E-state index contributed by atoms with van der Waals surface area (Å²) >= 11 is 0. The van der Waals surface area contributed by atoms with E-state index in [0.29, 0.717) is 28.9 Å². The van der Waals surface area contributed by atoms with Crippen LogP contribution < -0.4 is 0 Å². The van der Waals surface area contributed by atoms with Gasteiger partial charge in [-0.2, -0.15) is 0 Å². The van der Waals surface area contributed by atoms with Crippen LogP contribution in [0.1, 0.15) is 77.6 Å². The zero-order valence-corrected chi connectivity index (χ0v) is 17.3. The Morgan fingerprint density at radius 2 is 1.83 bits per heavy atom. The predicted molar refractivity (Wildman–Crippen MR) is 113 cm³/mol. The molecule has 2 aromatic carbocycles. The van der Waals surface area contributed by atoms with Gasteiger partial charge in [-0.05, 0) is 91.9 Å².